The fourth-order valence-electron chi connectivity index (χ4n) is 3.91. The average molecular weight is 359 g/mol. The summed E-state index contributed by atoms with van der Waals surface area (Å²) in [4.78, 5) is 28.6. The molecule has 3 aliphatic heterocycles. The van der Waals surface area contributed by atoms with Crippen LogP contribution in [-0.4, -0.2) is 55.2 Å². The summed E-state index contributed by atoms with van der Waals surface area (Å²) in [5, 5.41) is 3.04. The highest BCUT2D eigenvalue weighted by molar-refractivity contribution is 5.97. The molecule has 140 valence electrons. The minimum Gasteiger partial charge on any atom is -0.486 e. The van der Waals surface area contributed by atoms with Crippen LogP contribution in [0.15, 0.2) is 18.2 Å². The summed E-state index contributed by atoms with van der Waals surface area (Å²) < 4.78 is 11.1. The monoisotopic (exact) mass is 359 g/mol. The third-order valence-electron chi connectivity index (χ3n) is 5.35. The molecule has 4 rings (SSSR count). The molecule has 2 saturated heterocycles. The van der Waals surface area contributed by atoms with Crippen molar-refractivity contribution in [3.63, 3.8) is 0 Å². The van der Waals surface area contributed by atoms with E-state index in [9.17, 15) is 9.59 Å². The first kappa shape index (κ1) is 17.0. The number of fused-ring (bicyclic) bond motifs is 1. The molecule has 0 spiro atoms. The maximum absolute atomic E-state index is 12.6. The number of anilines is 1. The number of likely N-dealkylation sites (tertiary alicyclic amines) is 1. The van der Waals surface area contributed by atoms with Gasteiger partial charge < -0.3 is 24.6 Å². The van der Waals surface area contributed by atoms with Gasteiger partial charge in [0.25, 0.3) is 0 Å². The van der Waals surface area contributed by atoms with Crippen molar-refractivity contribution in [3.8, 4) is 11.5 Å². The van der Waals surface area contributed by atoms with Gasteiger partial charge in [-0.15, -0.1) is 0 Å². The first-order valence-electron chi connectivity index (χ1n) is 9.39. The summed E-state index contributed by atoms with van der Waals surface area (Å²) in [6, 6.07) is 5.57. The Hall–Kier alpha value is -2.44. The van der Waals surface area contributed by atoms with Crippen LogP contribution < -0.4 is 19.7 Å². The van der Waals surface area contributed by atoms with Crippen molar-refractivity contribution in [1.29, 1.82) is 0 Å². The Bertz CT molecular complexity index is 708. The molecule has 2 fully saturated rings. The Balaban J connectivity index is 1.41. The molecule has 0 saturated carbocycles. The largest absolute Gasteiger partial charge is 0.486 e. The number of rotatable bonds is 2. The first-order valence-corrected chi connectivity index (χ1v) is 9.39. The van der Waals surface area contributed by atoms with Gasteiger partial charge in [-0.25, -0.2) is 4.79 Å². The summed E-state index contributed by atoms with van der Waals surface area (Å²) in [7, 11) is 0. The normalized spacial score (nSPS) is 25.3. The third kappa shape index (κ3) is 3.30. The van der Waals surface area contributed by atoms with E-state index < -0.39 is 0 Å². The van der Waals surface area contributed by atoms with Gasteiger partial charge in [0.2, 0.25) is 5.91 Å². The molecule has 7 nitrogen and oxygen atoms in total. The number of hydrogen-bond acceptors (Lipinski definition) is 4. The molecule has 0 radical (unpaired) electrons. The molecule has 26 heavy (non-hydrogen) atoms. The van der Waals surface area contributed by atoms with E-state index in [0.29, 0.717) is 37.7 Å². The fourth-order valence-corrected chi connectivity index (χ4v) is 3.91. The maximum atomic E-state index is 12.6. The van der Waals surface area contributed by atoms with Gasteiger partial charge in [0.05, 0.1) is 6.04 Å². The fraction of sp³-hybridized carbons (Fsp3) is 0.579. The van der Waals surface area contributed by atoms with E-state index in [0.717, 1.165) is 25.1 Å². The highest BCUT2D eigenvalue weighted by Crippen LogP contribution is 2.35. The lowest BCUT2D eigenvalue weighted by molar-refractivity contribution is -0.117. The van der Waals surface area contributed by atoms with Gasteiger partial charge in [0.15, 0.2) is 11.5 Å². The number of nitrogens with one attached hydrogen (secondary N) is 1. The van der Waals surface area contributed by atoms with Crippen molar-refractivity contribution >= 4 is 17.6 Å². The predicted octanol–water partition coefficient (Wildman–Crippen LogP) is 2.15. The number of ether oxygens (including phenoxy) is 2. The standard InChI is InChI=1S/C19H25N3O4/c1-13-4-2-3-7-21(13)19(24)20-14-10-18(23)22(12-14)15-5-6-16-17(11-15)26-9-8-25-16/h5-6,11,13-14H,2-4,7-10,12H2,1H3,(H,20,24)/t13-,14+/m0/s1. The summed E-state index contributed by atoms with van der Waals surface area (Å²) >= 11 is 0. The molecule has 3 amide bonds. The van der Waals surface area contributed by atoms with Crippen molar-refractivity contribution in [1.82, 2.24) is 10.2 Å². The van der Waals surface area contributed by atoms with E-state index in [1.54, 1.807) is 4.90 Å². The number of nitrogens with zero attached hydrogens (tertiary/aromatic N) is 2. The lowest BCUT2D eigenvalue weighted by Gasteiger charge is -2.34. The van der Waals surface area contributed by atoms with Gasteiger partial charge in [0, 0.05) is 37.3 Å². The van der Waals surface area contributed by atoms with Crippen LogP contribution >= 0.6 is 0 Å². The third-order valence-corrected chi connectivity index (χ3v) is 5.35. The van der Waals surface area contributed by atoms with Gasteiger partial charge >= 0.3 is 6.03 Å². The number of hydrogen-bond donors (Lipinski definition) is 1. The second-order valence-corrected chi connectivity index (χ2v) is 7.22. The highest BCUT2D eigenvalue weighted by Gasteiger charge is 2.34. The molecule has 0 unspecified atom stereocenters. The zero-order chi connectivity index (χ0) is 18.1. The molecule has 1 aromatic carbocycles. The van der Waals surface area contributed by atoms with Crippen LogP contribution in [0.25, 0.3) is 0 Å². The minimum atomic E-state index is -0.169. The summed E-state index contributed by atoms with van der Waals surface area (Å²) in [5.41, 5.74) is 0.780. The first-order chi connectivity index (χ1) is 12.6. The molecule has 7 heteroatoms. The van der Waals surface area contributed by atoms with Gasteiger partial charge in [-0.1, -0.05) is 0 Å². The molecule has 3 heterocycles. The molecular weight excluding hydrogens is 334 g/mol. The zero-order valence-electron chi connectivity index (χ0n) is 15.1. The van der Waals surface area contributed by atoms with Crippen LogP contribution in [0.4, 0.5) is 10.5 Å². The topological polar surface area (TPSA) is 71.1 Å². The van der Waals surface area contributed by atoms with Gasteiger partial charge in [-0.3, -0.25) is 4.79 Å². The quantitative estimate of drug-likeness (QED) is 0.878. The second kappa shape index (κ2) is 7.05. The van der Waals surface area contributed by atoms with Crippen LogP contribution in [0.3, 0.4) is 0 Å². The smallest absolute Gasteiger partial charge is 0.317 e. The lowest BCUT2D eigenvalue weighted by atomic mass is 10.0. The van der Waals surface area contributed by atoms with E-state index >= 15 is 0 Å². The lowest BCUT2D eigenvalue weighted by Crippen LogP contribution is -2.50. The molecule has 0 aliphatic carbocycles. The summed E-state index contributed by atoms with van der Waals surface area (Å²) in [6.45, 7) is 4.40. The molecule has 1 aromatic rings. The van der Waals surface area contributed by atoms with Crippen LogP contribution in [0.1, 0.15) is 32.6 Å². The average Bonchev–Trinajstić information content (AvgIpc) is 3.01. The molecule has 0 bridgehead atoms. The predicted molar refractivity (Wildman–Crippen MR) is 96.7 cm³/mol. The maximum Gasteiger partial charge on any atom is 0.317 e. The van der Waals surface area contributed by atoms with E-state index in [-0.39, 0.29) is 24.0 Å². The second-order valence-electron chi connectivity index (χ2n) is 7.22. The van der Waals surface area contributed by atoms with E-state index in [4.69, 9.17) is 9.47 Å². The van der Waals surface area contributed by atoms with Crippen LogP contribution in [0.2, 0.25) is 0 Å². The Morgan fingerprint density at radius 1 is 1.19 bits per heavy atom. The van der Waals surface area contributed by atoms with E-state index in [1.165, 1.54) is 6.42 Å². The molecule has 0 aromatic heterocycles. The highest BCUT2D eigenvalue weighted by atomic mass is 16.6. The van der Waals surface area contributed by atoms with Gasteiger partial charge in [-0.2, -0.15) is 0 Å². The van der Waals surface area contributed by atoms with Crippen LogP contribution in [0.5, 0.6) is 11.5 Å². The van der Waals surface area contributed by atoms with Crippen LogP contribution in [0, 0.1) is 0 Å². The number of piperidine rings is 1. The van der Waals surface area contributed by atoms with E-state index in [1.807, 2.05) is 23.1 Å². The van der Waals surface area contributed by atoms with Crippen molar-refractivity contribution in [2.75, 3.05) is 31.2 Å². The van der Waals surface area contributed by atoms with Gasteiger partial charge in [-0.05, 0) is 38.3 Å². The molecular formula is C19H25N3O4. The number of amides is 3. The summed E-state index contributed by atoms with van der Waals surface area (Å²) in [6.07, 6.45) is 3.58. The number of urea groups is 1. The van der Waals surface area contributed by atoms with Crippen molar-refractivity contribution in [3.05, 3.63) is 18.2 Å². The molecule has 1 N–H and O–H groups in total. The Morgan fingerprint density at radius 2 is 2.00 bits per heavy atom. The molecule has 2 atom stereocenters. The zero-order valence-corrected chi connectivity index (χ0v) is 15.1. The molecule has 3 aliphatic rings. The van der Waals surface area contributed by atoms with Crippen LogP contribution in [-0.2, 0) is 4.79 Å². The van der Waals surface area contributed by atoms with Gasteiger partial charge in [0.1, 0.15) is 13.2 Å². The van der Waals surface area contributed by atoms with E-state index in [2.05, 4.69) is 12.2 Å². The Labute approximate surface area is 153 Å². The van der Waals surface area contributed by atoms with Crippen molar-refractivity contribution < 1.29 is 19.1 Å². The van der Waals surface area contributed by atoms with Crippen molar-refractivity contribution in [2.24, 2.45) is 0 Å². The number of carbonyl (C=O) groups is 2. The SMILES string of the molecule is C[C@H]1CCCCN1C(=O)N[C@@H]1CC(=O)N(c2ccc3c(c2)OCCO3)C1. The Kier molecular flexibility index (Phi) is 4.61. The minimum absolute atomic E-state index is 0.0127. The van der Waals surface area contributed by atoms with Crippen molar-refractivity contribution in [2.45, 2.75) is 44.7 Å². The summed E-state index contributed by atoms with van der Waals surface area (Å²) in [5.74, 6) is 1.38. The number of carbonyl (C=O) groups excluding carboxylic acids is 2. The Morgan fingerprint density at radius 3 is 2.81 bits per heavy atom. The number of benzene rings is 1.